The maximum atomic E-state index is 12.0. The van der Waals surface area contributed by atoms with Crippen molar-refractivity contribution in [3.63, 3.8) is 0 Å². The lowest BCUT2D eigenvalue weighted by molar-refractivity contribution is -0.385. The van der Waals surface area contributed by atoms with Crippen molar-refractivity contribution in [3.8, 4) is 5.75 Å². The smallest absolute Gasteiger partial charge is 0.338 e. The van der Waals surface area contributed by atoms with Crippen LogP contribution in [0.3, 0.4) is 0 Å². The number of carbonyl (C=O) groups is 2. The molecule has 0 saturated heterocycles. The third-order valence-corrected chi connectivity index (χ3v) is 3.65. The highest BCUT2D eigenvalue weighted by atomic mass is 35.5. The van der Waals surface area contributed by atoms with Crippen LogP contribution in [0.5, 0.6) is 5.75 Å². The molecule has 1 N–H and O–H groups in total. The van der Waals surface area contributed by atoms with Gasteiger partial charge in [-0.3, -0.25) is 14.9 Å². The van der Waals surface area contributed by atoms with Crippen molar-refractivity contribution in [2.24, 2.45) is 0 Å². The molecule has 0 aliphatic carbocycles. The lowest BCUT2D eigenvalue weighted by Gasteiger charge is -2.09. The molecule has 0 bridgehead atoms. The van der Waals surface area contributed by atoms with Gasteiger partial charge in [0.25, 0.3) is 5.91 Å². The number of ether oxygens (including phenoxy) is 2. The van der Waals surface area contributed by atoms with Gasteiger partial charge < -0.3 is 14.8 Å². The van der Waals surface area contributed by atoms with Crippen molar-refractivity contribution in [1.29, 1.82) is 0 Å². The number of anilines is 1. The highest BCUT2D eigenvalue weighted by Gasteiger charge is 2.19. The summed E-state index contributed by atoms with van der Waals surface area (Å²) in [6.45, 7) is 1.24. The lowest BCUT2D eigenvalue weighted by Crippen LogP contribution is -2.21. The molecular weight excluding hydrogens is 364 g/mol. The third-order valence-electron chi connectivity index (χ3n) is 3.42. The van der Waals surface area contributed by atoms with Crippen molar-refractivity contribution in [1.82, 2.24) is 0 Å². The summed E-state index contributed by atoms with van der Waals surface area (Å²) < 4.78 is 9.75. The minimum absolute atomic E-state index is 0.0146. The molecule has 8 nitrogen and oxygen atoms in total. The quantitative estimate of drug-likeness (QED) is 0.469. The Morgan fingerprint density at radius 1 is 1.23 bits per heavy atom. The van der Waals surface area contributed by atoms with E-state index in [1.807, 2.05) is 0 Å². The van der Waals surface area contributed by atoms with E-state index in [9.17, 15) is 19.7 Å². The maximum absolute atomic E-state index is 12.0. The Morgan fingerprint density at radius 2 is 1.96 bits per heavy atom. The van der Waals surface area contributed by atoms with Crippen LogP contribution in [0.25, 0.3) is 0 Å². The first-order chi connectivity index (χ1) is 12.3. The Balaban J connectivity index is 2.02. The summed E-state index contributed by atoms with van der Waals surface area (Å²) in [4.78, 5) is 34.2. The average Bonchev–Trinajstić information content (AvgIpc) is 2.62. The molecular formula is C17H15ClN2O6. The fraction of sp³-hybridized carbons (Fsp3) is 0.176. The van der Waals surface area contributed by atoms with E-state index >= 15 is 0 Å². The fourth-order valence-electron chi connectivity index (χ4n) is 2.09. The number of benzene rings is 2. The Morgan fingerprint density at radius 3 is 2.62 bits per heavy atom. The molecule has 0 radical (unpaired) electrons. The molecule has 2 aromatic carbocycles. The number of nitro groups is 1. The second-order valence-electron chi connectivity index (χ2n) is 5.23. The molecule has 1 amide bonds. The monoisotopic (exact) mass is 378 g/mol. The van der Waals surface area contributed by atoms with Crippen LogP contribution in [-0.2, 0) is 9.53 Å². The van der Waals surface area contributed by atoms with Gasteiger partial charge in [-0.05, 0) is 36.8 Å². The number of esters is 1. The van der Waals surface area contributed by atoms with Gasteiger partial charge in [-0.25, -0.2) is 4.79 Å². The molecule has 0 aromatic heterocycles. The first kappa shape index (κ1) is 19.2. The van der Waals surface area contributed by atoms with E-state index in [4.69, 9.17) is 21.1 Å². The molecule has 0 heterocycles. The molecule has 9 heteroatoms. The standard InChI is InChI=1S/C17H15ClN2O6/c1-10-3-5-12(18)8-13(10)19-16(21)9-26-17(22)11-4-6-15(25-2)14(7-11)20(23)24/h3-8H,9H2,1-2H3,(H,19,21). The van der Waals surface area contributed by atoms with Crippen molar-refractivity contribution in [2.45, 2.75) is 6.92 Å². The minimum Gasteiger partial charge on any atom is -0.490 e. The SMILES string of the molecule is COc1ccc(C(=O)OCC(=O)Nc2cc(Cl)ccc2C)cc1[N+](=O)[O-]. The van der Waals surface area contributed by atoms with E-state index in [1.54, 1.807) is 25.1 Å². The molecule has 2 aromatic rings. The number of methoxy groups -OCH3 is 1. The molecule has 26 heavy (non-hydrogen) atoms. The summed E-state index contributed by atoms with van der Waals surface area (Å²) in [5.41, 5.74) is 0.851. The van der Waals surface area contributed by atoms with Gasteiger partial charge in [-0.2, -0.15) is 0 Å². The summed E-state index contributed by atoms with van der Waals surface area (Å²) in [7, 11) is 1.28. The zero-order chi connectivity index (χ0) is 19.3. The third kappa shape index (κ3) is 4.70. The number of rotatable bonds is 6. The van der Waals surface area contributed by atoms with Crippen LogP contribution in [0.1, 0.15) is 15.9 Å². The van der Waals surface area contributed by atoms with Gasteiger partial charge in [0, 0.05) is 16.8 Å². The molecule has 0 unspecified atom stereocenters. The summed E-state index contributed by atoms with van der Waals surface area (Å²) in [5, 5.41) is 14.0. The second kappa shape index (κ2) is 8.30. The minimum atomic E-state index is -0.867. The Hall–Kier alpha value is -3.13. The number of carbonyl (C=O) groups excluding carboxylic acids is 2. The van der Waals surface area contributed by atoms with Gasteiger partial charge in [0.2, 0.25) is 0 Å². The highest BCUT2D eigenvalue weighted by Crippen LogP contribution is 2.27. The van der Waals surface area contributed by atoms with E-state index in [0.717, 1.165) is 11.6 Å². The summed E-state index contributed by atoms with van der Waals surface area (Å²) in [5.74, 6) is -1.42. The number of halogens is 1. The van der Waals surface area contributed by atoms with E-state index in [-0.39, 0.29) is 17.0 Å². The zero-order valence-electron chi connectivity index (χ0n) is 13.9. The lowest BCUT2D eigenvalue weighted by atomic mass is 10.2. The zero-order valence-corrected chi connectivity index (χ0v) is 14.7. The molecule has 2 rings (SSSR count). The summed E-state index contributed by atoms with van der Waals surface area (Å²) in [6, 6.07) is 8.62. The Kier molecular flexibility index (Phi) is 6.13. The van der Waals surface area contributed by atoms with Crippen LogP contribution in [0, 0.1) is 17.0 Å². The Bertz CT molecular complexity index is 868. The normalized spacial score (nSPS) is 10.1. The number of nitrogens with zero attached hydrogens (tertiary/aromatic N) is 1. The largest absolute Gasteiger partial charge is 0.490 e. The maximum Gasteiger partial charge on any atom is 0.338 e. The van der Waals surface area contributed by atoms with Gasteiger partial charge in [0.15, 0.2) is 12.4 Å². The van der Waals surface area contributed by atoms with Gasteiger partial charge >= 0.3 is 11.7 Å². The molecule has 136 valence electrons. The van der Waals surface area contributed by atoms with E-state index < -0.39 is 23.4 Å². The van der Waals surface area contributed by atoms with Crippen LogP contribution >= 0.6 is 11.6 Å². The predicted octanol–water partition coefficient (Wildman–Crippen LogP) is 3.36. The van der Waals surface area contributed by atoms with Crippen LogP contribution in [-0.4, -0.2) is 30.5 Å². The van der Waals surface area contributed by atoms with Gasteiger partial charge in [-0.15, -0.1) is 0 Å². The van der Waals surface area contributed by atoms with Gasteiger partial charge in [-0.1, -0.05) is 17.7 Å². The molecule has 0 atom stereocenters. The summed E-state index contributed by atoms with van der Waals surface area (Å²) in [6.07, 6.45) is 0. The fourth-order valence-corrected chi connectivity index (χ4v) is 2.26. The van der Waals surface area contributed by atoms with Crippen molar-refractivity contribution >= 4 is 34.9 Å². The molecule has 0 fully saturated rings. The van der Waals surface area contributed by atoms with Crippen LogP contribution < -0.4 is 10.1 Å². The van der Waals surface area contributed by atoms with Gasteiger partial charge in [0.1, 0.15) is 0 Å². The average molecular weight is 379 g/mol. The first-order valence-corrected chi connectivity index (χ1v) is 7.75. The molecule has 0 saturated carbocycles. The topological polar surface area (TPSA) is 108 Å². The summed E-state index contributed by atoms with van der Waals surface area (Å²) >= 11 is 5.87. The molecule has 0 aliphatic rings. The van der Waals surface area contributed by atoms with Crippen molar-refractivity contribution in [3.05, 3.63) is 62.7 Å². The van der Waals surface area contributed by atoms with E-state index in [1.165, 1.54) is 19.2 Å². The second-order valence-corrected chi connectivity index (χ2v) is 5.66. The Labute approximate surface area is 153 Å². The first-order valence-electron chi connectivity index (χ1n) is 7.37. The molecule has 0 aliphatic heterocycles. The number of amides is 1. The van der Waals surface area contributed by atoms with Crippen LogP contribution in [0.2, 0.25) is 5.02 Å². The predicted molar refractivity (Wildman–Crippen MR) is 94.7 cm³/mol. The van der Waals surface area contributed by atoms with Crippen LogP contribution in [0.15, 0.2) is 36.4 Å². The number of nitrogens with one attached hydrogen (secondary N) is 1. The van der Waals surface area contributed by atoms with Crippen molar-refractivity contribution in [2.75, 3.05) is 19.0 Å². The van der Waals surface area contributed by atoms with Gasteiger partial charge in [0.05, 0.1) is 17.6 Å². The molecule has 0 spiro atoms. The number of hydrogen-bond acceptors (Lipinski definition) is 6. The van der Waals surface area contributed by atoms with E-state index in [2.05, 4.69) is 5.32 Å². The number of nitro benzene ring substituents is 1. The van der Waals surface area contributed by atoms with Crippen LogP contribution in [0.4, 0.5) is 11.4 Å². The van der Waals surface area contributed by atoms with Crippen molar-refractivity contribution < 1.29 is 24.0 Å². The van der Waals surface area contributed by atoms with E-state index in [0.29, 0.717) is 10.7 Å². The number of aryl methyl sites for hydroxylation is 1. The number of hydrogen-bond donors (Lipinski definition) is 1. The highest BCUT2D eigenvalue weighted by molar-refractivity contribution is 6.31.